The monoisotopic (exact) mass is 460 g/mol. The normalized spacial score (nSPS) is 11.4. The Bertz CT molecular complexity index is 888. The zero-order chi connectivity index (χ0) is 15.7. The summed E-state index contributed by atoms with van der Waals surface area (Å²) in [5.41, 5.74) is 3.04. The summed E-state index contributed by atoms with van der Waals surface area (Å²) in [6.45, 7) is 0. The molecule has 1 aromatic carbocycles. The maximum absolute atomic E-state index is 12.0. The van der Waals surface area contributed by atoms with E-state index < -0.39 is 5.91 Å². The molecule has 0 aliphatic heterocycles. The van der Waals surface area contributed by atoms with E-state index in [-0.39, 0.29) is 5.76 Å². The highest BCUT2D eigenvalue weighted by Gasteiger charge is 2.14. The zero-order valence-electron chi connectivity index (χ0n) is 10.8. The molecule has 0 fully saturated rings. The van der Waals surface area contributed by atoms with Crippen LogP contribution < -0.4 is 5.43 Å². The largest absolute Gasteiger partial charge is 0.450 e. The third-order valence-corrected chi connectivity index (χ3v) is 4.92. The first-order valence-electron chi connectivity index (χ1n) is 6.00. The van der Waals surface area contributed by atoms with Gasteiger partial charge in [0.2, 0.25) is 0 Å². The Balaban J connectivity index is 1.77. The van der Waals surface area contributed by atoms with E-state index in [4.69, 9.17) is 16.0 Å². The van der Waals surface area contributed by atoms with Crippen molar-refractivity contribution in [1.82, 2.24) is 5.43 Å². The molecule has 0 atom stereocenters. The molecule has 0 spiro atoms. The second-order valence-electron chi connectivity index (χ2n) is 4.26. The number of thiophene rings is 1. The minimum atomic E-state index is -0.418. The SMILES string of the molecule is O=C(N/N=C\c1ccc(Cl)s1)c1cc2cc(Br)cc(Br)c2o1. The molecule has 1 N–H and O–H groups in total. The van der Waals surface area contributed by atoms with E-state index in [9.17, 15) is 4.79 Å². The number of carbonyl (C=O) groups excluding carboxylic acids is 1. The smallest absolute Gasteiger partial charge is 0.307 e. The van der Waals surface area contributed by atoms with Crippen LogP contribution in [0, 0.1) is 0 Å². The summed E-state index contributed by atoms with van der Waals surface area (Å²) in [6, 6.07) is 8.98. The Hall–Kier alpha value is -1.15. The highest BCUT2D eigenvalue weighted by Crippen LogP contribution is 2.30. The molecule has 3 aromatic rings. The van der Waals surface area contributed by atoms with Crippen LogP contribution in [0.2, 0.25) is 4.34 Å². The molecule has 0 unspecified atom stereocenters. The van der Waals surface area contributed by atoms with E-state index >= 15 is 0 Å². The standard InChI is InChI=1S/C14H7Br2ClN2O2S/c15-8-3-7-4-11(21-13(7)10(16)5-8)14(20)19-18-6-9-1-2-12(17)22-9/h1-6H,(H,19,20)/b18-6-. The fourth-order valence-corrected chi connectivity index (χ4v) is 4.07. The fourth-order valence-electron chi connectivity index (χ4n) is 1.79. The summed E-state index contributed by atoms with van der Waals surface area (Å²) in [5.74, 6) is -0.228. The van der Waals surface area contributed by atoms with Crippen LogP contribution in [0.15, 0.2) is 48.8 Å². The van der Waals surface area contributed by atoms with Crippen LogP contribution in [-0.4, -0.2) is 12.1 Å². The van der Waals surface area contributed by atoms with Crippen molar-refractivity contribution in [1.29, 1.82) is 0 Å². The Morgan fingerprint density at radius 2 is 2.14 bits per heavy atom. The number of rotatable bonds is 3. The molecule has 0 saturated carbocycles. The Kier molecular flexibility index (Phi) is 4.67. The number of carbonyl (C=O) groups is 1. The van der Waals surface area contributed by atoms with Crippen LogP contribution in [0.1, 0.15) is 15.4 Å². The van der Waals surface area contributed by atoms with E-state index in [1.165, 1.54) is 17.6 Å². The van der Waals surface area contributed by atoms with Crippen LogP contribution in [0.4, 0.5) is 0 Å². The number of nitrogens with one attached hydrogen (secondary N) is 1. The lowest BCUT2D eigenvalue weighted by Gasteiger charge is -1.95. The van der Waals surface area contributed by atoms with E-state index in [1.807, 2.05) is 18.2 Å². The Morgan fingerprint density at radius 3 is 2.86 bits per heavy atom. The number of fused-ring (bicyclic) bond motifs is 1. The Morgan fingerprint density at radius 1 is 1.32 bits per heavy atom. The van der Waals surface area contributed by atoms with Gasteiger partial charge in [-0.15, -0.1) is 11.3 Å². The van der Waals surface area contributed by atoms with Crippen molar-refractivity contribution in [3.63, 3.8) is 0 Å². The van der Waals surface area contributed by atoms with Crippen molar-refractivity contribution in [3.05, 3.63) is 54.3 Å². The van der Waals surface area contributed by atoms with Gasteiger partial charge in [-0.05, 0) is 46.3 Å². The fraction of sp³-hybridized carbons (Fsp3) is 0. The topological polar surface area (TPSA) is 54.6 Å². The number of benzene rings is 1. The van der Waals surface area contributed by atoms with E-state index in [1.54, 1.807) is 12.1 Å². The number of nitrogens with zero attached hydrogens (tertiary/aromatic N) is 1. The molecule has 22 heavy (non-hydrogen) atoms. The van der Waals surface area contributed by atoms with E-state index in [2.05, 4.69) is 42.4 Å². The minimum Gasteiger partial charge on any atom is -0.450 e. The quantitative estimate of drug-likeness (QED) is 0.416. The van der Waals surface area contributed by atoms with Gasteiger partial charge in [0.1, 0.15) is 5.58 Å². The van der Waals surface area contributed by atoms with Crippen molar-refractivity contribution in [3.8, 4) is 0 Å². The van der Waals surface area contributed by atoms with Gasteiger partial charge in [-0.25, -0.2) is 5.43 Å². The van der Waals surface area contributed by atoms with Crippen molar-refractivity contribution in [2.45, 2.75) is 0 Å². The molecule has 0 aliphatic rings. The van der Waals surface area contributed by atoms with Crippen molar-refractivity contribution in [2.75, 3.05) is 0 Å². The van der Waals surface area contributed by atoms with Crippen LogP contribution in [0.5, 0.6) is 0 Å². The lowest BCUT2D eigenvalue weighted by atomic mass is 10.2. The maximum atomic E-state index is 12.0. The van der Waals surface area contributed by atoms with E-state index in [0.717, 1.165) is 19.2 Å². The molecule has 0 aliphatic carbocycles. The van der Waals surface area contributed by atoms with Gasteiger partial charge >= 0.3 is 5.91 Å². The summed E-state index contributed by atoms with van der Waals surface area (Å²) >= 11 is 14.0. The van der Waals surface area contributed by atoms with Gasteiger partial charge in [0.05, 0.1) is 15.0 Å². The maximum Gasteiger partial charge on any atom is 0.307 e. The number of halogens is 3. The van der Waals surface area contributed by atoms with Crippen LogP contribution in [0.3, 0.4) is 0 Å². The molecule has 4 nitrogen and oxygen atoms in total. The predicted octanol–water partition coefficient (Wildman–Crippen LogP) is 5.44. The molecule has 0 saturated heterocycles. The molecule has 2 heterocycles. The second-order valence-corrected chi connectivity index (χ2v) is 7.77. The third-order valence-electron chi connectivity index (χ3n) is 2.71. The summed E-state index contributed by atoms with van der Waals surface area (Å²) in [7, 11) is 0. The number of amides is 1. The first-order chi connectivity index (χ1) is 10.5. The average Bonchev–Trinajstić information content (AvgIpc) is 3.05. The molecule has 1 amide bonds. The van der Waals surface area contributed by atoms with Gasteiger partial charge in [0.15, 0.2) is 5.76 Å². The summed E-state index contributed by atoms with van der Waals surface area (Å²) in [5, 5.41) is 4.71. The van der Waals surface area contributed by atoms with E-state index in [0.29, 0.717) is 9.92 Å². The summed E-state index contributed by atoms with van der Waals surface area (Å²) < 4.78 is 7.88. The predicted molar refractivity (Wildman–Crippen MR) is 96.0 cm³/mol. The zero-order valence-corrected chi connectivity index (χ0v) is 15.5. The molecule has 3 rings (SSSR count). The summed E-state index contributed by atoms with van der Waals surface area (Å²) in [6.07, 6.45) is 1.53. The Labute approximate surface area is 151 Å². The third kappa shape index (κ3) is 3.43. The highest BCUT2D eigenvalue weighted by molar-refractivity contribution is 9.11. The van der Waals surface area contributed by atoms with Crippen molar-refractivity contribution in [2.24, 2.45) is 5.10 Å². The molecule has 112 valence electrons. The van der Waals surface area contributed by atoms with Crippen LogP contribution >= 0.6 is 54.8 Å². The summed E-state index contributed by atoms with van der Waals surface area (Å²) in [4.78, 5) is 12.9. The van der Waals surface area contributed by atoms with Gasteiger partial charge in [0.25, 0.3) is 0 Å². The lowest BCUT2D eigenvalue weighted by Crippen LogP contribution is -2.16. The lowest BCUT2D eigenvalue weighted by molar-refractivity contribution is 0.0929. The van der Waals surface area contributed by atoms with Crippen molar-refractivity contribution >= 4 is 77.9 Å². The van der Waals surface area contributed by atoms with Gasteiger partial charge in [0, 0.05) is 14.7 Å². The average molecular weight is 463 g/mol. The first-order valence-corrected chi connectivity index (χ1v) is 8.78. The van der Waals surface area contributed by atoms with Gasteiger partial charge in [-0.2, -0.15) is 5.10 Å². The molecule has 0 radical (unpaired) electrons. The minimum absolute atomic E-state index is 0.190. The molecule has 2 aromatic heterocycles. The number of hydrogen-bond acceptors (Lipinski definition) is 4. The van der Waals surface area contributed by atoms with Gasteiger partial charge < -0.3 is 4.42 Å². The van der Waals surface area contributed by atoms with Crippen molar-refractivity contribution < 1.29 is 9.21 Å². The molecular formula is C14H7Br2ClN2O2S. The number of hydrogen-bond donors (Lipinski definition) is 1. The number of furan rings is 1. The van der Waals surface area contributed by atoms with Crippen LogP contribution in [-0.2, 0) is 0 Å². The first kappa shape index (κ1) is 15.7. The molecular weight excluding hydrogens is 455 g/mol. The second kappa shape index (κ2) is 6.54. The number of hydrazone groups is 1. The molecule has 0 bridgehead atoms. The van der Waals surface area contributed by atoms with Crippen LogP contribution in [0.25, 0.3) is 11.0 Å². The molecule has 8 heteroatoms. The van der Waals surface area contributed by atoms with Gasteiger partial charge in [-0.3, -0.25) is 4.79 Å². The highest BCUT2D eigenvalue weighted by atomic mass is 79.9. The van der Waals surface area contributed by atoms with Gasteiger partial charge in [-0.1, -0.05) is 27.5 Å².